The first kappa shape index (κ1) is 11.6. The number of hydrogen-bond acceptors (Lipinski definition) is 2. The van der Waals surface area contributed by atoms with Gasteiger partial charge >= 0.3 is 0 Å². The maximum absolute atomic E-state index is 5.62. The van der Waals surface area contributed by atoms with Crippen LogP contribution in [-0.4, -0.2) is 11.6 Å². The minimum atomic E-state index is 0.575. The van der Waals surface area contributed by atoms with Gasteiger partial charge in [0.15, 0.2) is 0 Å². The Morgan fingerprint density at radius 1 is 1.47 bits per heavy atom. The van der Waals surface area contributed by atoms with Crippen LogP contribution in [0.25, 0.3) is 0 Å². The molecule has 1 rings (SSSR count). The van der Waals surface area contributed by atoms with Crippen molar-refractivity contribution in [1.82, 2.24) is 4.98 Å². The number of rotatable bonds is 4. The summed E-state index contributed by atoms with van der Waals surface area (Å²) in [6, 6.07) is 1.92. The molecule has 1 unspecified atom stereocenters. The second-order valence-electron chi connectivity index (χ2n) is 3.61. The summed E-state index contributed by atoms with van der Waals surface area (Å²) >= 11 is 0. The average Bonchev–Trinajstić information content (AvgIpc) is 2.27. The Bertz CT molecular complexity index is 362. The molecule has 2 heteroatoms. The van der Waals surface area contributed by atoms with Gasteiger partial charge in [-0.1, -0.05) is 26.2 Å². The standard InChI is InChI=1S/C13H17NO/c1-4-6-12-7-13(9-14-8-12)15-10-11(3)5-2/h7-9,11H,5,10H2,1-3H3. The number of pyridine rings is 1. The molecule has 80 valence electrons. The SMILES string of the molecule is CC#Cc1cncc(OCC(C)CC)c1. The third kappa shape index (κ3) is 4.03. The van der Waals surface area contributed by atoms with E-state index < -0.39 is 0 Å². The molecule has 0 radical (unpaired) electrons. The Morgan fingerprint density at radius 2 is 2.27 bits per heavy atom. The molecule has 0 aliphatic heterocycles. The molecule has 0 saturated heterocycles. The van der Waals surface area contributed by atoms with Crippen LogP contribution in [-0.2, 0) is 0 Å². The summed E-state index contributed by atoms with van der Waals surface area (Å²) in [6.07, 6.45) is 4.59. The fraction of sp³-hybridized carbons (Fsp3) is 0.462. The summed E-state index contributed by atoms with van der Waals surface area (Å²) in [7, 11) is 0. The summed E-state index contributed by atoms with van der Waals surface area (Å²) < 4.78 is 5.62. The van der Waals surface area contributed by atoms with Crippen LogP contribution in [0.4, 0.5) is 0 Å². The molecular formula is C13H17NO. The van der Waals surface area contributed by atoms with Crippen molar-refractivity contribution in [2.45, 2.75) is 27.2 Å². The van der Waals surface area contributed by atoms with Crippen molar-refractivity contribution in [3.8, 4) is 17.6 Å². The summed E-state index contributed by atoms with van der Waals surface area (Å²) in [5, 5.41) is 0. The van der Waals surface area contributed by atoms with Crippen LogP contribution in [0.2, 0.25) is 0 Å². The van der Waals surface area contributed by atoms with E-state index in [9.17, 15) is 0 Å². The first-order valence-corrected chi connectivity index (χ1v) is 5.26. The summed E-state index contributed by atoms with van der Waals surface area (Å²) in [5.74, 6) is 7.18. The van der Waals surface area contributed by atoms with Gasteiger partial charge < -0.3 is 4.74 Å². The molecule has 1 aromatic rings. The molecule has 1 heterocycles. The fourth-order valence-corrected chi connectivity index (χ4v) is 1.07. The predicted molar refractivity (Wildman–Crippen MR) is 61.7 cm³/mol. The molecular weight excluding hydrogens is 186 g/mol. The van der Waals surface area contributed by atoms with E-state index in [1.807, 2.05) is 13.0 Å². The number of hydrogen-bond donors (Lipinski definition) is 0. The van der Waals surface area contributed by atoms with Crippen molar-refractivity contribution in [1.29, 1.82) is 0 Å². The molecule has 0 saturated carbocycles. The zero-order valence-corrected chi connectivity index (χ0v) is 9.58. The van der Waals surface area contributed by atoms with Gasteiger partial charge in [0.1, 0.15) is 5.75 Å². The molecule has 0 spiro atoms. The number of ether oxygens (including phenoxy) is 1. The van der Waals surface area contributed by atoms with Crippen molar-refractivity contribution < 1.29 is 4.74 Å². The minimum absolute atomic E-state index is 0.575. The first-order chi connectivity index (χ1) is 7.26. The van der Waals surface area contributed by atoms with Crippen LogP contribution in [0.1, 0.15) is 32.8 Å². The van der Waals surface area contributed by atoms with Crippen LogP contribution in [0.3, 0.4) is 0 Å². The van der Waals surface area contributed by atoms with Gasteiger partial charge in [-0.3, -0.25) is 4.98 Å². The van der Waals surface area contributed by atoms with E-state index in [2.05, 4.69) is 30.7 Å². The van der Waals surface area contributed by atoms with E-state index >= 15 is 0 Å². The van der Waals surface area contributed by atoms with Crippen molar-refractivity contribution >= 4 is 0 Å². The number of aromatic nitrogens is 1. The zero-order valence-electron chi connectivity index (χ0n) is 9.58. The van der Waals surface area contributed by atoms with Gasteiger partial charge in [0.2, 0.25) is 0 Å². The van der Waals surface area contributed by atoms with E-state index in [-0.39, 0.29) is 0 Å². The molecule has 0 aliphatic rings. The molecule has 0 aromatic carbocycles. The van der Waals surface area contributed by atoms with E-state index in [0.717, 1.165) is 24.3 Å². The van der Waals surface area contributed by atoms with E-state index in [1.165, 1.54) is 0 Å². The highest BCUT2D eigenvalue weighted by Gasteiger charge is 2.00. The lowest BCUT2D eigenvalue weighted by Gasteiger charge is -2.10. The normalized spacial score (nSPS) is 11.4. The Labute approximate surface area is 91.7 Å². The van der Waals surface area contributed by atoms with Crippen LogP contribution in [0.15, 0.2) is 18.5 Å². The van der Waals surface area contributed by atoms with Gasteiger partial charge in [-0.25, -0.2) is 0 Å². The average molecular weight is 203 g/mol. The summed E-state index contributed by atoms with van der Waals surface area (Å²) in [4.78, 5) is 4.08. The van der Waals surface area contributed by atoms with E-state index in [0.29, 0.717) is 5.92 Å². The first-order valence-electron chi connectivity index (χ1n) is 5.26. The van der Waals surface area contributed by atoms with Gasteiger partial charge in [0.05, 0.1) is 12.8 Å². The quantitative estimate of drug-likeness (QED) is 0.702. The van der Waals surface area contributed by atoms with Crippen molar-refractivity contribution in [3.63, 3.8) is 0 Å². The lowest BCUT2D eigenvalue weighted by molar-refractivity contribution is 0.255. The Morgan fingerprint density at radius 3 is 2.93 bits per heavy atom. The Kier molecular flexibility index (Phi) is 4.70. The van der Waals surface area contributed by atoms with Gasteiger partial charge in [-0.15, -0.1) is 5.92 Å². The highest BCUT2D eigenvalue weighted by molar-refractivity contribution is 5.36. The van der Waals surface area contributed by atoms with Gasteiger partial charge in [0.25, 0.3) is 0 Å². The second kappa shape index (κ2) is 6.08. The lowest BCUT2D eigenvalue weighted by Crippen LogP contribution is -2.07. The molecule has 0 amide bonds. The van der Waals surface area contributed by atoms with Crippen molar-refractivity contribution in [2.75, 3.05) is 6.61 Å². The van der Waals surface area contributed by atoms with Gasteiger partial charge in [0, 0.05) is 11.8 Å². The van der Waals surface area contributed by atoms with Crippen LogP contribution in [0.5, 0.6) is 5.75 Å². The Hall–Kier alpha value is -1.49. The van der Waals surface area contributed by atoms with Crippen molar-refractivity contribution in [2.24, 2.45) is 5.92 Å². The molecule has 1 aromatic heterocycles. The van der Waals surface area contributed by atoms with E-state index in [1.54, 1.807) is 12.4 Å². The second-order valence-corrected chi connectivity index (χ2v) is 3.61. The van der Waals surface area contributed by atoms with Crippen molar-refractivity contribution in [3.05, 3.63) is 24.0 Å². The third-order valence-corrected chi connectivity index (χ3v) is 2.21. The highest BCUT2D eigenvalue weighted by atomic mass is 16.5. The maximum atomic E-state index is 5.62. The monoisotopic (exact) mass is 203 g/mol. The molecule has 1 atom stereocenters. The predicted octanol–water partition coefficient (Wildman–Crippen LogP) is 2.88. The lowest BCUT2D eigenvalue weighted by atomic mass is 10.1. The Balaban J connectivity index is 2.60. The third-order valence-electron chi connectivity index (χ3n) is 2.21. The van der Waals surface area contributed by atoms with E-state index in [4.69, 9.17) is 4.74 Å². The van der Waals surface area contributed by atoms with Crippen LogP contribution in [0, 0.1) is 17.8 Å². The van der Waals surface area contributed by atoms with Gasteiger partial charge in [-0.05, 0) is 18.9 Å². The minimum Gasteiger partial charge on any atom is -0.492 e. The molecule has 0 N–H and O–H groups in total. The zero-order chi connectivity index (χ0) is 11.1. The molecule has 0 aliphatic carbocycles. The highest BCUT2D eigenvalue weighted by Crippen LogP contribution is 2.12. The van der Waals surface area contributed by atoms with Gasteiger partial charge in [-0.2, -0.15) is 0 Å². The summed E-state index contributed by atoms with van der Waals surface area (Å²) in [6.45, 7) is 6.88. The number of nitrogens with zero attached hydrogens (tertiary/aromatic N) is 1. The molecule has 2 nitrogen and oxygen atoms in total. The van der Waals surface area contributed by atoms with Crippen LogP contribution < -0.4 is 4.74 Å². The van der Waals surface area contributed by atoms with Crippen LogP contribution >= 0.6 is 0 Å². The fourth-order valence-electron chi connectivity index (χ4n) is 1.07. The topological polar surface area (TPSA) is 22.1 Å². The summed E-state index contributed by atoms with van der Waals surface area (Å²) in [5.41, 5.74) is 0.902. The smallest absolute Gasteiger partial charge is 0.138 e. The molecule has 0 fully saturated rings. The molecule has 15 heavy (non-hydrogen) atoms. The largest absolute Gasteiger partial charge is 0.492 e. The maximum Gasteiger partial charge on any atom is 0.138 e. The molecule has 0 bridgehead atoms.